The highest BCUT2D eigenvalue weighted by Gasteiger charge is 2.23. The lowest BCUT2D eigenvalue weighted by molar-refractivity contribution is -0.137. The lowest BCUT2D eigenvalue weighted by atomic mass is 10.0. The predicted octanol–water partition coefficient (Wildman–Crippen LogP) is 4.90. The Morgan fingerprint density at radius 3 is 2.52 bits per heavy atom. The fraction of sp³-hybridized carbons (Fsp3) is 0.200. The smallest absolute Gasteiger partial charge is 0.305 e. The van der Waals surface area contributed by atoms with E-state index < -0.39 is 12.0 Å². The van der Waals surface area contributed by atoms with Crippen LogP contribution in [0.1, 0.15) is 34.6 Å². The molecular weight excluding hydrogens is 386 g/mol. The molecule has 0 spiro atoms. The molecule has 0 aliphatic heterocycles. The lowest BCUT2D eigenvalue weighted by Crippen LogP contribution is -2.29. The molecule has 27 heavy (non-hydrogen) atoms. The van der Waals surface area contributed by atoms with Crippen molar-refractivity contribution in [2.24, 2.45) is 0 Å². The van der Waals surface area contributed by atoms with Crippen molar-refractivity contribution in [2.75, 3.05) is 6.61 Å². The number of carbonyl (C=O) groups excluding carboxylic acids is 1. The average molecular weight is 404 g/mol. The van der Waals surface area contributed by atoms with E-state index in [2.05, 4.69) is 5.32 Å². The molecule has 0 saturated heterocycles. The van der Waals surface area contributed by atoms with Gasteiger partial charge in [-0.05, 0) is 30.7 Å². The van der Waals surface area contributed by atoms with Gasteiger partial charge in [-0.3, -0.25) is 9.59 Å². The van der Waals surface area contributed by atoms with Crippen molar-refractivity contribution in [1.29, 1.82) is 0 Å². The quantitative estimate of drug-likeness (QED) is 0.588. The lowest BCUT2D eigenvalue weighted by Gasteiger charge is -2.17. The molecule has 3 rings (SSSR count). The zero-order chi connectivity index (χ0) is 19.4. The number of amides is 1. The number of carboxylic acid groups (broad SMARTS) is 1. The third-order valence-corrected chi connectivity index (χ3v) is 5.69. The third-order valence-electron chi connectivity index (χ3n) is 4.02. The second kappa shape index (κ2) is 8.41. The molecule has 1 amide bonds. The summed E-state index contributed by atoms with van der Waals surface area (Å²) in [6.45, 7) is 2.43. The summed E-state index contributed by atoms with van der Waals surface area (Å²) in [6.07, 6.45) is -0.234. The van der Waals surface area contributed by atoms with Crippen LogP contribution in [0.2, 0.25) is 5.02 Å². The maximum Gasteiger partial charge on any atom is 0.305 e. The summed E-state index contributed by atoms with van der Waals surface area (Å²) in [5, 5.41) is 13.2. The first-order valence-electron chi connectivity index (χ1n) is 8.42. The molecule has 1 aromatic heterocycles. The SMILES string of the molecule is CCOc1ccc([C@@H](CC(=O)O)NC(=O)c2sc3ccccc3c2Cl)cc1. The van der Waals surface area contributed by atoms with Crippen LogP contribution in [-0.2, 0) is 4.79 Å². The van der Waals surface area contributed by atoms with Crippen molar-refractivity contribution in [1.82, 2.24) is 5.32 Å². The molecule has 0 aliphatic carbocycles. The summed E-state index contributed by atoms with van der Waals surface area (Å²) in [6, 6.07) is 13.8. The fourth-order valence-corrected chi connectivity index (χ4v) is 4.19. The molecule has 0 fully saturated rings. The van der Waals surface area contributed by atoms with Crippen LogP contribution < -0.4 is 10.1 Å². The summed E-state index contributed by atoms with van der Waals surface area (Å²) in [7, 11) is 0. The third kappa shape index (κ3) is 4.40. The maximum atomic E-state index is 12.8. The molecule has 2 aromatic carbocycles. The predicted molar refractivity (Wildman–Crippen MR) is 107 cm³/mol. The largest absolute Gasteiger partial charge is 0.494 e. The highest BCUT2D eigenvalue weighted by molar-refractivity contribution is 7.21. The van der Waals surface area contributed by atoms with Crippen LogP contribution in [0, 0.1) is 0 Å². The van der Waals surface area contributed by atoms with Crippen LogP contribution in [0.15, 0.2) is 48.5 Å². The van der Waals surface area contributed by atoms with Gasteiger partial charge >= 0.3 is 5.97 Å². The van der Waals surface area contributed by atoms with Crippen LogP contribution in [-0.4, -0.2) is 23.6 Å². The number of carboxylic acids is 1. The summed E-state index contributed by atoms with van der Waals surface area (Å²) >= 11 is 7.65. The molecule has 7 heteroatoms. The minimum atomic E-state index is -1.00. The number of benzene rings is 2. The molecule has 0 radical (unpaired) electrons. The Balaban J connectivity index is 1.85. The van der Waals surface area contributed by atoms with Crippen molar-refractivity contribution in [3.8, 4) is 5.75 Å². The van der Waals surface area contributed by atoms with E-state index in [0.717, 1.165) is 10.1 Å². The number of thiophene rings is 1. The van der Waals surface area contributed by atoms with Gasteiger partial charge in [-0.1, -0.05) is 41.9 Å². The normalized spacial score (nSPS) is 11.9. The van der Waals surface area contributed by atoms with E-state index in [1.54, 1.807) is 24.3 Å². The molecule has 140 valence electrons. The van der Waals surface area contributed by atoms with E-state index in [1.165, 1.54) is 11.3 Å². The molecule has 3 aromatic rings. The minimum Gasteiger partial charge on any atom is -0.494 e. The Hall–Kier alpha value is -2.57. The van der Waals surface area contributed by atoms with Gasteiger partial charge in [-0.15, -0.1) is 11.3 Å². The summed E-state index contributed by atoms with van der Waals surface area (Å²) in [5.74, 6) is -0.702. The number of rotatable bonds is 7. The van der Waals surface area contributed by atoms with Gasteiger partial charge in [0, 0.05) is 10.1 Å². The zero-order valence-electron chi connectivity index (χ0n) is 14.6. The molecule has 1 atom stereocenters. The highest BCUT2D eigenvalue weighted by atomic mass is 35.5. The number of nitrogens with one attached hydrogen (secondary N) is 1. The van der Waals surface area contributed by atoms with E-state index in [-0.39, 0.29) is 12.3 Å². The van der Waals surface area contributed by atoms with Crippen LogP contribution in [0.25, 0.3) is 10.1 Å². The van der Waals surface area contributed by atoms with Gasteiger partial charge in [0.15, 0.2) is 0 Å². The molecule has 0 aliphatic rings. The number of halogens is 1. The second-order valence-corrected chi connectivity index (χ2v) is 7.30. The summed E-state index contributed by atoms with van der Waals surface area (Å²) in [5.41, 5.74) is 0.687. The van der Waals surface area contributed by atoms with Crippen molar-refractivity contribution in [3.63, 3.8) is 0 Å². The average Bonchev–Trinajstić information content (AvgIpc) is 2.99. The monoisotopic (exact) mass is 403 g/mol. The number of carbonyl (C=O) groups is 2. The van der Waals surface area contributed by atoms with Crippen molar-refractivity contribution in [3.05, 3.63) is 64.0 Å². The number of hydrogen-bond donors (Lipinski definition) is 2. The first-order valence-corrected chi connectivity index (χ1v) is 9.61. The summed E-state index contributed by atoms with van der Waals surface area (Å²) in [4.78, 5) is 24.4. The fourth-order valence-electron chi connectivity index (χ4n) is 2.77. The second-order valence-electron chi connectivity index (χ2n) is 5.87. The molecule has 2 N–H and O–H groups in total. The molecule has 0 bridgehead atoms. The van der Waals surface area contributed by atoms with Gasteiger partial charge in [0.1, 0.15) is 10.6 Å². The van der Waals surface area contributed by atoms with Gasteiger partial charge in [0.2, 0.25) is 0 Å². The van der Waals surface area contributed by atoms with Crippen molar-refractivity contribution in [2.45, 2.75) is 19.4 Å². The van der Waals surface area contributed by atoms with Gasteiger partial charge in [0.05, 0.1) is 24.1 Å². The van der Waals surface area contributed by atoms with E-state index in [0.29, 0.717) is 27.8 Å². The van der Waals surface area contributed by atoms with Crippen LogP contribution in [0.3, 0.4) is 0 Å². The Morgan fingerprint density at radius 2 is 1.89 bits per heavy atom. The van der Waals surface area contributed by atoms with Gasteiger partial charge in [-0.2, -0.15) is 0 Å². The minimum absolute atomic E-state index is 0.234. The van der Waals surface area contributed by atoms with Gasteiger partial charge in [0.25, 0.3) is 5.91 Å². The standard InChI is InChI=1S/C20H18ClNO4S/c1-2-26-13-9-7-12(8-10-13)15(11-17(23)24)22-20(25)19-18(21)14-5-3-4-6-16(14)27-19/h3-10,15H,2,11H2,1H3,(H,22,25)(H,23,24)/t15-/m1/s1. The summed E-state index contributed by atoms with van der Waals surface area (Å²) < 4.78 is 6.31. The van der Waals surface area contributed by atoms with Crippen LogP contribution >= 0.6 is 22.9 Å². The molecule has 0 unspecified atom stereocenters. The van der Waals surface area contributed by atoms with Crippen LogP contribution in [0.5, 0.6) is 5.75 Å². The zero-order valence-corrected chi connectivity index (χ0v) is 16.1. The van der Waals surface area contributed by atoms with Gasteiger partial charge < -0.3 is 15.2 Å². The van der Waals surface area contributed by atoms with Crippen LogP contribution in [0.4, 0.5) is 0 Å². The van der Waals surface area contributed by atoms with E-state index in [4.69, 9.17) is 16.3 Å². The number of hydrogen-bond acceptors (Lipinski definition) is 4. The Labute approximate surface area is 165 Å². The topological polar surface area (TPSA) is 75.6 Å². The molecule has 0 saturated carbocycles. The number of ether oxygens (including phenoxy) is 1. The Kier molecular flexibility index (Phi) is 5.98. The first-order chi connectivity index (χ1) is 13.0. The highest BCUT2D eigenvalue weighted by Crippen LogP contribution is 2.35. The number of aliphatic carboxylic acids is 1. The maximum absolute atomic E-state index is 12.8. The molecular formula is C20H18ClNO4S. The van der Waals surface area contributed by atoms with E-state index >= 15 is 0 Å². The van der Waals surface area contributed by atoms with E-state index in [9.17, 15) is 14.7 Å². The molecule has 5 nitrogen and oxygen atoms in total. The van der Waals surface area contributed by atoms with Gasteiger partial charge in [-0.25, -0.2) is 0 Å². The van der Waals surface area contributed by atoms with Crippen molar-refractivity contribution >= 4 is 44.9 Å². The first kappa shape index (κ1) is 19.2. The Bertz CT molecular complexity index is 968. The van der Waals surface area contributed by atoms with Crippen molar-refractivity contribution < 1.29 is 19.4 Å². The Morgan fingerprint density at radius 1 is 1.19 bits per heavy atom. The molecule has 1 heterocycles. The van der Waals surface area contributed by atoms with E-state index in [1.807, 2.05) is 31.2 Å². The number of fused-ring (bicyclic) bond motifs is 1.